The molecule has 4 nitrogen and oxygen atoms in total. The zero-order valence-corrected chi connectivity index (χ0v) is 12.0. The second-order valence-corrected chi connectivity index (χ2v) is 5.80. The molecule has 0 unspecified atom stereocenters. The Morgan fingerprint density at radius 3 is 3.11 bits per heavy atom. The number of aromatic nitrogens is 1. The summed E-state index contributed by atoms with van der Waals surface area (Å²) in [7, 11) is 0. The van der Waals surface area contributed by atoms with Gasteiger partial charge in [0.1, 0.15) is 0 Å². The van der Waals surface area contributed by atoms with Gasteiger partial charge in [0.25, 0.3) is 5.91 Å². The van der Waals surface area contributed by atoms with Gasteiger partial charge in [0.05, 0.1) is 28.4 Å². The van der Waals surface area contributed by atoms with Crippen LogP contribution in [0.25, 0.3) is 0 Å². The first-order valence-electron chi connectivity index (χ1n) is 5.65. The summed E-state index contributed by atoms with van der Waals surface area (Å²) in [4.78, 5) is 18.6. The SMILES string of the molecule is Cc1cc(C(=O)NCc2cncs2)sc1C#CCN. The van der Waals surface area contributed by atoms with Crippen molar-refractivity contribution in [2.45, 2.75) is 13.5 Å². The van der Waals surface area contributed by atoms with Crippen LogP contribution in [-0.4, -0.2) is 17.4 Å². The number of thiophene rings is 1. The minimum Gasteiger partial charge on any atom is -0.346 e. The van der Waals surface area contributed by atoms with Gasteiger partial charge in [0.2, 0.25) is 0 Å². The van der Waals surface area contributed by atoms with E-state index in [1.54, 1.807) is 11.7 Å². The van der Waals surface area contributed by atoms with Gasteiger partial charge in [-0.1, -0.05) is 11.8 Å². The van der Waals surface area contributed by atoms with Gasteiger partial charge < -0.3 is 11.1 Å². The van der Waals surface area contributed by atoms with E-state index in [4.69, 9.17) is 5.73 Å². The zero-order valence-electron chi connectivity index (χ0n) is 10.4. The Labute approximate surface area is 119 Å². The summed E-state index contributed by atoms with van der Waals surface area (Å²) in [5.74, 6) is 5.69. The summed E-state index contributed by atoms with van der Waals surface area (Å²) in [5.41, 5.74) is 8.10. The fourth-order valence-electron chi connectivity index (χ4n) is 1.43. The normalized spacial score (nSPS) is 9.79. The van der Waals surface area contributed by atoms with Gasteiger partial charge in [0, 0.05) is 11.1 Å². The molecular weight excluding hydrogens is 278 g/mol. The van der Waals surface area contributed by atoms with Crippen molar-refractivity contribution in [1.29, 1.82) is 0 Å². The summed E-state index contributed by atoms with van der Waals surface area (Å²) >= 11 is 2.91. The predicted molar refractivity (Wildman–Crippen MR) is 78.3 cm³/mol. The summed E-state index contributed by atoms with van der Waals surface area (Å²) in [6, 6.07) is 1.85. The molecule has 2 aromatic heterocycles. The van der Waals surface area contributed by atoms with Gasteiger partial charge in [0.15, 0.2) is 0 Å². The number of carbonyl (C=O) groups excluding carboxylic acids is 1. The molecule has 1 amide bonds. The highest BCUT2D eigenvalue weighted by Crippen LogP contribution is 2.21. The molecule has 0 saturated carbocycles. The van der Waals surface area contributed by atoms with Crippen molar-refractivity contribution < 1.29 is 4.79 Å². The number of thiazole rings is 1. The largest absolute Gasteiger partial charge is 0.346 e. The maximum atomic E-state index is 12.0. The monoisotopic (exact) mass is 291 g/mol. The minimum absolute atomic E-state index is 0.0812. The first-order valence-corrected chi connectivity index (χ1v) is 7.35. The lowest BCUT2D eigenvalue weighted by Crippen LogP contribution is -2.21. The Morgan fingerprint density at radius 2 is 2.42 bits per heavy atom. The molecule has 2 aromatic rings. The topological polar surface area (TPSA) is 68.0 Å². The third-order valence-electron chi connectivity index (χ3n) is 2.35. The lowest BCUT2D eigenvalue weighted by atomic mass is 10.2. The summed E-state index contributed by atoms with van der Waals surface area (Å²) < 4.78 is 0. The molecular formula is C13H13N3OS2. The second kappa shape index (κ2) is 6.48. The first kappa shape index (κ1) is 13.7. The summed E-state index contributed by atoms with van der Waals surface area (Å²) in [6.45, 7) is 2.77. The highest BCUT2D eigenvalue weighted by molar-refractivity contribution is 7.14. The van der Waals surface area contributed by atoms with Crippen LogP contribution in [0, 0.1) is 18.8 Å². The van der Waals surface area contributed by atoms with Crippen LogP contribution in [0.3, 0.4) is 0 Å². The number of nitrogens with zero attached hydrogens (tertiary/aromatic N) is 1. The van der Waals surface area contributed by atoms with Crippen LogP contribution in [0.2, 0.25) is 0 Å². The van der Waals surface area contributed by atoms with Gasteiger partial charge in [-0.3, -0.25) is 9.78 Å². The minimum atomic E-state index is -0.0812. The molecule has 0 atom stereocenters. The number of hydrogen-bond donors (Lipinski definition) is 2. The molecule has 0 aliphatic rings. The van der Waals surface area contributed by atoms with Crippen molar-refractivity contribution in [2.75, 3.05) is 6.54 Å². The number of amides is 1. The molecule has 6 heteroatoms. The van der Waals surface area contributed by atoms with Gasteiger partial charge in [-0.05, 0) is 18.6 Å². The van der Waals surface area contributed by atoms with E-state index in [2.05, 4.69) is 22.1 Å². The smallest absolute Gasteiger partial charge is 0.261 e. The van der Waals surface area contributed by atoms with E-state index < -0.39 is 0 Å². The Hall–Kier alpha value is -1.68. The molecule has 0 bridgehead atoms. The molecule has 2 rings (SSSR count). The molecule has 19 heavy (non-hydrogen) atoms. The molecule has 3 N–H and O–H groups in total. The quantitative estimate of drug-likeness (QED) is 0.847. The van der Waals surface area contributed by atoms with E-state index in [1.807, 2.05) is 13.0 Å². The van der Waals surface area contributed by atoms with Crippen molar-refractivity contribution in [2.24, 2.45) is 5.73 Å². The van der Waals surface area contributed by atoms with Gasteiger partial charge >= 0.3 is 0 Å². The number of rotatable bonds is 3. The molecule has 0 fully saturated rings. The predicted octanol–water partition coefficient (Wildman–Crippen LogP) is 1.75. The van der Waals surface area contributed by atoms with Crippen LogP contribution in [0.5, 0.6) is 0 Å². The van der Waals surface area contributed by atoms with E-state index in [0.717, 1.165) is 15.3 Å². The van der Waals surface area contributed by atoms with Crippen molar-refractivity contribution in [3.63, 3.8) is 0 Å². The third-order valence-corrected chi connectivity index (χ3v) is 4.28. The average molecular weight is 291 g/mol. The van der Waals surface area contributed by atoms with Crippen molar-refractivity contribution >= 4 is 28.6 Å². The number of aryl methyl sites for hydroxylation is 1. The first-order chi connectivity index (χ1) is 9.20. The number of nitrogens with one attached hydrogen (secondary N) is 1. The average Bonchev–Trinajstić information content (AvgIpc) is 3.03. The molecule has 98 valence electrons. The Bertz CT molecular complexity index is 620. The standard InChI is InChI=1S/C13H13N3OS2/c1-9-5-12(19-11(9)3-2-4-14)13(17)16-7-10-6-15-8-18-10/h5-6,8H,4,7,14H2,1H3,(H,16,17). The van der Waals surface area contributed by atoms with E-state index in [9.17, 15) is 4.79 Å². The van der Waals surface area contributed by atoms with E-state index in [-0.39, 0.29) is 5.91 Å². The summed E-state index contributed by atoms with van der Waals surface area (Å²) in [5, 5.41) is 2.87. The molecule has 0 aromatic carbocycles. The van der Waals surface area contributed by atoms with Crippen LogP contribution < -0.4 is 11.1 Å². The lowest BCUT2D eigenvalue weighted by Gasteiger charge is -1.99. The number of nitrogens with two attached hydrogens (primary N) is 1. The van der Waals surface area contributed by atoms with Gasteiger partial charge in [-0.25, -0.2) is 0 Å². The molecule has 0 aliphatic carbocycles. The second-order valence-electron chi connectivity index (χ2n) is 3.78. The molecule has 0 radical (unpaired) electrons. The third kappa shape index (κ3) is 3.64. The Kier molecular flexibility index (Phi) is 4.68. The highest BCUT2D eigenvalue weighted by atomic mass is 32.1. The Balaban J connectivity index is 2.03. The van der Waals surface area contributed by atoms with E-state index in [1.165, 1.54) is 22.7 Å². The molecule has 2 heterocycles. The fourth-order valence-corrected chi connectivity index (χ4v) is 2.93. The lowest BCUT2D eigenvalue weighted by molar-refractivity contribution is 0.0955. The van der Waals surface area contributed by atoms with E-state index in [0.29, 0.717) is 18.0 Å². The van der Waals surface area contributed by atoms with Crippen molar-refractivity contribution in [3.8, 4) is 11.8 Å². The number of hydrogen-bond acceptors (Lipinski definition) is 5. The van der Waals surface area contributed by atoms with E-state index >= 15 is 0 Å². The van der Waals surface area contributed by atoms with Gasteiger partial charge in [-0.2, -0.15) is 0 Å². The molecule has 0 aliphatic heterocycles. The zero-order chi connectivity index (χ0) is 13.7. The van der Waals surface area contributed by atoms with Crippen molar-refractivity contribution in [1.82, 2.24) is 10.3 Å². The highest BCUT2D eigenvalue weighted by Gasteiger charge is 2.11. The van der Waals surface area contributed by atoms with Gasteiger partial charge in [-0.15, -0.1) is 22.7 Å². The maximum Gasteiger partial charge on any atom is 0.261 e. The van der Waals surface area contributed by atoms with Crippen LogP contribution in [-0.2, 0) is 6.54 Å². The maximum absolute atomic E-state index is 12.0. The van der Waals surface area contributed by atoms with Crippen LogP contribution >= 0.6 is 22.7 Å². The van der Waals surface area contributed by atoms with Crippen LogP contribution in [0.15, 0.2) is 17.8 Å². The van der Waals surface area contributed by atoms with Crippen LogP contribution in [0.4, 0.5) is 0 Å². The fraction of sp³-hybridized carbons (Fsp3) is 0.231. The molecule has 0 spiro atoms. The molecule has 0 saturated heterocycles. The van der Waals surface area contributed by atoms with Crippen LogP contribution in [0.1, 0.15) is 25.0 Å². The summed E-state index contributed by atoms with van der Waals surface area (Å²) in [6.07, 6.45) is 1.75. The van der Waals surface area contributed by atoms with Crippen molar-refractivity contribution in [3.05, 3.63) is 38.0 Å². The number of carbonyl (C=O) groups is 1. The Morgan fingerprint density at radius 1 is 1.58 bits per heavy atom.